The third kappa shape index (κ3) is 5.46. The second-order valence-corrected chi connectivity index (χ2v) is 5.82. The lowest BCUT2D eigenvalue weighted by Gasteiger charge is -2.14. The number of rotatable bonds is 8. The van der Waals surface area contributed by atoms with E-state index < -0.39 is 0 Å². The number of carbonyl (C=O) groups excluding carboxylic acids is 1. The molecule has 0 aliphatic carbocycles. The Balaban J connectivity index is 2.17. The first-order valence-electron chi connectivity index (χ1n) is 8.62. The standard InChI is InChI=1S/C22H25NO4/c1-5-19(22(24)25-3)20-9-7-6-8-18(20)15-27-21-11-10-17(14-16(21)2)12-13-23-26-4/h5-14,23H,15H2,1-4H3. The van der Waals surface area contributed by atoms with Crippen LogP contribution in [-0.4, -0.2) is 20.2 Å². The number of benzene rings is 2. The first-order valence-corrected chi connectivity index (χ1v) is 8.62. The van der Waals surface area contributed by atoms with E-state index in [0.717, 1.165) is 28.0 Å². The molecule has 0 heterocycles. The highest BCUT2D eigenvalue weighted by molar-refractivity contribution is 6.16. The van der Waals surface area contributed by atoms with Gasteiger partial charge in [0.15, 0.2) is 0 Å². The summed E-state index contributed by atoms with van der Waals surface area (Å²) in [6.45, 7) is 4.17. The van der Waals surface area contributed by atoms with Crippen molar-refractivity contribution in [3.8, 4) is 5.75 Å². The van der Waals surface area contributed by atoms with E-state index in [1.807, 2.05) is 62.4 Å². The Labute approximate surface area is 160 Å². The first kappa shape index (κ1) is 20.3. The zero-order valence-corrected chi connectivity index (χ0v) is 16.1. The minimum atomic E-state index is -0.359. The molecule has 1 N–H and O–H groups in total. The van der Waals surface area contributed by atoms with E-state index in [0.29, 0.717) is 12.2 Å². The van der Waals surface area contributed by atoms with Crippen LogP contribution in [0, 0.1) is 6.92 Å². The first-order chi connectivity index (χ1) is 13.1. The van der Waals surface area contributed by atoms with E-state index in [-0.39, 0.29) is 5.97 Å². The van der Waals surface area contributed by atoms with Crippen molar-refractivity contribution in [2.75, 3.05) is 14.2 Å². The maximum Gasteiger partial charge on any atom is 0.338 e. The van der Waals surface area contributed by atoms with Gasteiger partial charge >= 0.3 is 5.97 Å². The molecule has 2 rings (SSSR count). The van der Waals surface area contributed by atoms with Crippen LogP contribution in [0.2, 0.25) is 0 Å². The van der Waals surface area contributed by atoms with Crippen molar-refractivity contribution in [2.24, 2.45) is 0 Å². The van der Waals surface area contributed by atoms with Gasteiger partial charge in [0.25, 0.3) is 0 Å². The number of allylic oxidation sites excluding steroid dienone is 1. The molecule has 0 fully saturated rings. The summed E-state index contributed by atoms with van der Waals surface area (Å²) in [6, 6.07) is 13.6. The maximum atomic E-state index is 12.0. The van der Waals surface area contributed by atoms with Gasteiger partial charge in [-0.1, -0.05) is 36.4 Å². The molecular formula is C22H25NO4. The molecule has 0 amide bonds. The van der Waals surface area contributed by atoms with Crippen molar-refractivity contribution in [1.29, 1.82) is 0 Å². The summed E-state index contributed by atoms with van der Waals surface area (Å²) in [6.07, 6.45) is 5.38. The molecule has 142 valence electrons. The summed E-state index contributed by atoms with van der Waals surface area (Å²) < 4.78 is 10.9. The fraction of sp³-hybridized carbons (Fsp3) is 0.227. The number of esters is 1. The van der Waals surface area contributed by atoms with Gasteiger partial charge in [-0.25, -0.2) is 4.79 Å². The van der Waals surface area contributed by atoms with Crippen molar-refractivity contribution in [2.45, 2.75) is 20.5 Å². The van der Waals surface area contributed by atoms with E-state index >= 15 is 0 Å². The van der Waals surface area contributed by atoms with Gasteiger partial charge in [-0.2, -0.15) is 0 Å². The number of hydroxylamine groups is 1. The van der Waals surface area contributed by atoms with Gasteiger partial charge in [0, 0.05) is 6.20 Å². The summed E-state index contributed by atoms with van der Waals surface area (Å²) in [5.41, 5.74) is 6.97. The molecular weight excluding hydrogens is 342 g/mol. The van der Waals surface area contributed by atoms with Crippen LogP contribution >= 0.6 is 0 Å². The third-order valence-electron chi connectivity index (χ3n) is 4.05. The number of ether oxygens (including phenoxy) is 2. The van der Waals surface area contributed by atoms with Gasteiger partial charge in [0.1, 0.15) is 12.4 Å². The third-order valence-corrected chi connectivity index (χ3v) is 4.05. The minimum absolute atomic E-state index is 0.353. The lowest BCUT2D eigenvalue weighted by atomic mass is 10.00. The Morgan fingerprint density at radius 2 is 1.93 bits per heavy atom. The van der Waals surface area contributed by atoms with Crippen molar-refractivity contribution in [1.82, 2.24) is 5.48 Å². The molecule has 0 saturated carbocycles. The highest BCUT2D eigenvalue weighted by Gasteiger charge is 2.15. The molecule has 0 atom stereocenters. The maximum absolute atomic E-state index is 12.0. The Morgan fingerprint density at radius 1 is 1.15 bits per heavy atom. The molecule has 5 nitrogen and oxygen atoms in total. The number of hydrogen-bond donors (Lipinski definition) is 1. The summed E-state index contributed by atoms with van der Waals surface area (Å²) in [4.78, 5) is 16.8. The Morgan fingerprint density at radius 3 is 2.59 bits per heavy atom. The molecule has 0 bridgehead atoms. The Kier molecular flexibility index (Phi) is 7.64. The number of aryl methyl sites for hydroxylation is 1. The van der Waals surface area contributed by atoms with Crippen LogP contribution in [-0.2, 0) is 21.0 Å². The van der Waals surface area contributed by atoms with Crippen LogP contribution in [0.15, 0.2) is 54.7 Å². The van der Waals surface area contributed by atoms with E-state index in [2.05, 4.69) is 5.48 Å². The van der Waals surface area contributed by atoms with Crippen LogP contribution in [0.5, 0.6) is 5.75 Å². The Hall–Kier alpha value is -3.05. The highest BCUT2D eigenvalue weighted by Crippen LogP contribution is 2.25. The summed E-state index contributed by atoms with van der Waals surface area (Å²) >= 11 is 0. The van der Waals surface area contributed by atoms with Gasteiger partial charge in [0.2, 0.25) is 0 Å². The van der Waals surface area contributed by atoms with Gasteiger partial charge in [-0.3, -0.25) is 10.3 Å². The molecule has 0 aromatic heterocycles. The van der Waals surface area contributed by atoms with Gasteiger partial charge in [-0.05, 0) is 54.3 Å². The Bertz CT molecular complexity index is 840. The quantitative estimate of drug-likeness (QED) is 0.429. The highest BCUT2D eigenvalue weighted by atomic mass is 16.6. The van der Waals surface area contributed by atoms with Crippen molar-refractivity contribution >= 4 is 17.6 Å². The number of hydrogen-bond acceptors (Lipinski definition) is 5. The van der Waals surface area contributed by atoms with Crippen molar-refractivity contribution in [3.63, 3.8) is 0 Å². The van der Waals surface area contributed by atoms with Crippen LogP contribution in [0.25, 0.3) is 11.6 Å². The van der Waals surface area contributed by atoms with Crippen LogP contribution < -0.4 is 10.2 Å². The van der Waals surface area contributed by atoms with Gasteiger partial charge < -0.3 is 9.47 Å². The van der Waals surface area contributed by atoms with Crippen LogP contribution in [0.3, 0.4) is 0 Å². The lowest BCUT2D eigenvalue weighted by molar-refractivity contribution is -0.133. The summed E-state index contributed by atoms with van der Waals surface area (Å²) in [5, 5.41) is 0. The molecule has 2 aromatic carbocycles. The lowest BCUT2D eigenvalue weighted by Crippen LogP contribution is -2.08. The number of nitrogens with one attached hydrogen (secondary N) is 1. The summed E-state index contributed by atoms with van der Waals surface area (Å²) in [7, 11) is 2.94. The molecule has 0 unspecified atom stereocenters. The predicted octanol–water partition coefficient (Wildman–Crippen LogP) is 4.27. The normalized spacial score (nSPS) is 11.5. The largest absolute Gasteiger partial charge is 0.489 e. The van der Waals surface area contributed by atoms with Crippen LogP contribution in [0.1, 0.15) is 29.2 Å². The molecule has 0 aliphatic heterocycles. The van der Waals surface area contributed by atoms with Gasteiger partial charge in [0.05, 0.1) is 19.8 Å². The average molecular weight is 367 g/mol. The SMILES string of the molecule is CC=C(C(=O)OC)c1ccccc1COc1ccc(C=CNOC)cc1C. The van der Waals surface area contributed by atoms with Crippen molar-refractivity contribution < 1.29 is 19.1 Å². The van der Waals surface area contributed by atoms with Crippen molar-refractivity contribution in [3.05, 3.63) is 77.0 Å². The summed E-state index contributed by atoms with van der Waals surface area (Å²) in [5.74, 6) is 0.434. The smallest absolute Gasteiger partial charge is 0.338 e. The molecule has 5 heteroatoms. The zero-order chi connectivity index (χ0) is 19.6. The molecule has 0 aliphatic rings. The zero-order valence-electron chi connectivity index (χ0n) is 16.1. The van der Waals surface area contributed by atoms with E-state index in [1.54, 1.807) is 19.4 Å². The topological polar surface area (TPSA) is 56.8 Å². The molecule has 27 heavy (non-hydrogen) atoms. The van der Waals surface area contributed by atoms with Gasteiger partial charge in [-0.15, -0.1) is 0 Å². The van der Waals surface area contributed by atoms with Crippen LogP contribution in [0.4, 0.5) is 0 Å². The monoisotopic (exact) mass is 367 g/mol. The molecule has 0 spiro atoms. The van der Waals surface area contributed by atoms with E-state index in [9.17, 15) is 4.79 Å². The second kappa shape index (κ2) is 10.2. The number of carbonyl (C=O) groups is 1. The average Bonchev–Trinajstić information content (AvgIpc) is 2.69. The van der Waals surface area contributed by atoms with E-state index in [4.69, 9.17) is 14.3 Å². The second-order valence-electron chi connectivity index (χ2n) is 5.82. The number of methoxy groups -OCH3 is 1. The molecule has 2 aromatic rings. The molecule has 0 radical (unpaired) electrons. The fourth-order valence-electron chi connectivity index (χ4n) is 2.69. The molecule has 0 saturated heterocycles. The fourth-order valence-corrected chi connectivity index (χ4v) is 2.69. The minimum Gasteiger partial charge on any atom is -0.489 e. The predicted molar refractivity (Wildman–Crippen MR) is 107 cm³/mol. The van der Waals surface area contributed by atoms with E-state index in [1.165, 1.54) is 7.11 Å².